The third-order valence-electron chi connectivity index (χ3n) is 7.28. The highest BCUT2D eigenvalue weighted by molar-refractivity contribution is 6.33. The van der Waals surface area contributed by atoms with Crippen molar-refractivity contribution in [3.05, 3.63) is 65.2 Å². The molecular weight excluding hydrogens is 518 g/mol. The van der Waals surface area contributed by atoms with Crippen LogP contribution in [0.1, 0.15) is 37.0 Å². The van der Waals surface area contributed by atoms with Gasteiger partial charge in [-0.3, -0.25) is 9.59 Å². The smallest absolute Gasteiger partial charge is 0.254 e. The molecule has 0 bridgehead atoms. The van der Waals surface area contributed by atoms with Crippen LogP contribution in [0.15, 0.2) is 54.6 Å². The maximum Gasteiger partial charge on any atom is 0.254 e. The summed E-state index contributed by atoms with van der Waals surface area (Å²) in [5.74, 6) is 1.67. The quantitative estimate of drug-likeness (QED) is 0.428. The molecule has 2 aliphatic rings. The van der Waals surface area contributed by atoms with Crippen molar-refractivity contribution in [1.29, 1.82) is 0 Å². The number of halogens is 1. The highest BCUT2D eigenvalue weighted by Crippen LogP contribution is 2.33. The number of hydrogen-bond acceptors (Lipinski definition) is 7. The van der Waals surface area contributed by atoms with Crippen molar-refractivity contribution in [3.63, 3.8) is 0 Å². The fourth-order valence-corrected chi connectivity index (χ4v) is 5.02. The van der Waals surface area contributed by atoms with Gasteiger partial charge in [0.05, 0.1) is 10.7 Å². The first-order chi connectivity index (χ1) is 18.9. The van der Waals surface area contributed by atoms with Gasteiger partial charge in [0.25, 0.3) is 5.91 Å². The minimum atomic E-state index is -0.193. The van der Waals surface area contributed by atoms with Crippen molar-refractivity contribution in [2.45, 2.75) is 32.7 Å². The molecule has 0 N–H and O–H groups in total. The fraction of sp³-hybridized carbons (Fsp3) is 0.379. The monoisotopic (exact) mass is 549 g/mol. The average molecular weight is 550 g/mol. The molecule has 0 saturated carbocycles. The molecule has 5 rings (SSSR count). The molecule has 1 atom stereocenters. The Hall–Kier alpha value is -3.85. The summed E-state index contributed by atoms with van der Waals surface area (Å²) in [4.78, 5) is 32.5. The first-order valence-corrected chi connectivity index (χ1v) is 13.6. The maximum atomic E-state index is 13.4. The second kappa shape index (κ2) is 11.9. The van der Waals surface area contributed by atoms with Gasteiger partial charge in [-0.2, -0.15) is 0 Å². The van der Waals surface area contributed by atoms with Gasteiger partial charge in [0, 0.05) is 43.3 Å². The van der Waals surface area contributed by atoms with E-state index in [4.69, 9.17) is 21.1 Å². The molecule has 0 radical (unpaired) electrons. The first-order valence-electron chi connectivity index (χ1n) is 13.3. The third kappa shape index (κ3) is 5.93. The summed E-state index contributed by atoms with van der Waals surface area (Å²) in [6.07, 6.45) is 1.53. The molecule has 0 spiro atoms. The molecule has 1 saturated heterocycles. The number of carbonyl (C=O) groups is 2. The Morgan fingerprint density at radius 2 is 1.82 bits per heavy atom. The van der Waals surface area contributed by atoms with Crippen LogP contribution in [0, 0.1) is 0 Å². The van der Waals surface area contributed by atoms with Gasteiger partial charge in [-0.05, 0) is 56.2 Å². The third-order valence-corrected chi connectivity index (χ3v) is 7.61. The molecule has 9 nitrogen and oxygen atoms in total. The maximum absolute atomic E-state index is 13.4. The van der Waals surface area contributed by atoms with Crippen LogP contribution in [-0.2, 0) is 4.79 Å². The van der Waals surface area contributed by atoms with Gasteiger partial charge >= 0.3 is 0 Å². The molecular formula is C29H32ClN5O4. The lowest BCUT2D eigenvalue weighted by Gasteiger charge is -2.31. The van der Waals surface area contributed by atoms with E-state index in [1.165, 1.54) is 0 Å². The van der Waals surface area contributed by atoms with Crippen LogP contribution in [-0.4, -0.2) is 77.4 Å². The Bertz CT molecular complexity index is 1340. The van der Waals surface area contributed by atoms with E-state index in [1.807, 2.05) is 55.1 Å². The predicted octanol–water partition coefficient (Wildman–Crippen LogP) is 4.51. The van der Waals surface area contributed by atoms with Crippen LogP contribution in [0.4, 0.5) is 5.82 Å². The van der Waals surface area contributed by atoms with Gasteiger partial charge < -0.3 is 24.2 Å². The number of ether oxygens (including phenoxy) is 2. The van der Waals surface area contributed by atoms with Gasteiger partial charge in [0.15, 0.2) is 17.3 Å². The van der Waals surface area contributed by atoms with E-state index in [1.54, 1.807) is 23.1 Å². The SMILES string of the molecule is CC[C@H](C)N(CC(=O)N1CCCN(c2ccc(-c3ccccc3Cl)nn2)CC1)C(=O)c1ccc2c(c1)OCO2. The van der Waals surface area contributed by atoms with Gasteiger partial charge in [-0.1, -0.05) is 36.7 Å². The summed E-state index contributed by atoms with van der Waals surface area (Å²) < 4.78 is 10.8. The standard InChI is InChI=1S/C29H32ClN5O4/c1-3-20(2)35(29(37)21-9-11-25-26(17-21)39-19-38-25)18-28(36)34-14-6-13-33(15-16-34)27-12-10-24(31-32-27)22-7-4-5-8-23(22)30/h4-5,7-12,17,20H,3,6,13-16,18-19H2,1-2H3/t20-/m0/s1. The van der Waals surface area contributed by atoms with Gasteiger partial charge in [-0.25, -0.2) is 0 Å². The zero-order chi connectivity index (χ0) is 27.4. The molecule has 1 fully saturated rings. The van der Waals surface area contributed by atoms with E-state index < -0.39 is 0 Å². The summed E-state index contributed by atoms with van der Waals surface area (Å²) in [5.41, 5.74) is 2.04. The molecule has 2 aliphatic heterocycles. The summed E-state index contributed by atoms with van der Waals surface area (Å²) in [7, 11) is 0. The molecule has 2 aromatic carbocycles. The Labute approximate surface area is 233 Å². The molecule has 2 amide bonds. The average Bonchev–Trinajstić information content (AvgIpc) is 3.30. The second-order valence-corrected chi connectivity index (χ2v) is 10.1. The molecule has 1 aromatic heterocycles. The molecule has 3 heterocycles. The lowest BCUT2D eigenvalue weighted by molar-refractivity contribution is -0.132. The minimum absolute atomic E-state index is 0.0224. The Kier molecular flexibility index (Phi) is 8.16. The Morgan fingerprint density at radius 1 is 1.00 bits per heavy atom. The number of rotatable bonds is 7. The van der Waals surface area contributed by atoms with Crippen molar-refractivity contribution in [1.82, 2.24) is 20.0 Å². The predicted molar refractivity (Wildman–Crippen MR) is 149 cm³/mol. The zero-order valence-electron chi connectivity index (χ0n) is 22.2. The number of anilines is 1. The van der Waals surface area contributed by atoms with E-state index in [0.717, 1.165) is 30.8 Å². The number of fused-ring (bicyclic) bond motifs is 1. The number of benzene rings is 2. The summed E-state index contributed by atoms with van der Waals surface area (Å²) in [6, 6.07) is 16.5. The lowest BCUT2D eigenvalue weighted by atomic mass is 10.1. The van der Waals surface area contributed by atoms with Gasteiger partial charge in [0.1, 0.15) is 6.54 Å². The van der Waals surface area contributed by atoms with E-state index in [-0.39, 0.29) is 31.2 Å². The van der Waals surface area contributed by atoms with E-state index in [9.17, 15) is 9.59 Å². The topological polar surface area (TPSA) is 88.1 Å². The number of carbonyl (C=O) groups excluding carboxylic acids is 2. The van der Waals surface area contributed by atoms with Crippen LogP contribution in [0.2, 0.25) is 5.02 Å². The second-order valence-electron chi connectivity index (χ2n) is 9.74. The molecule has 3 aromatic rings. The largest absolute Gasteiger partial charge is 0.454 e. The summed E-state index contributed by atoms with van der Waals surface area (Å²) >= 11 is 6.31. The lowest BCUT2D eigenvalue weighted by Crippen LogP contribution is -2.47. The molecule has 204 valence electrons. The number of aromatic nitrogens is 2. The molecule has 0 unspecified atom stereocenters. The van der Waals surface area contributed by atoms with E-state index in [2.05, 4.69) is 15.1 Å². The van der Waals surface area contributed by atoms with Crippen molar-refractivity contribution in [3.8, 4) is 22.8 Å². The van der Waals surface area contributed by atoms with E-state index >= 15 is 0 Å². The zero-order valence-corrected chi connectivity index (χ0v) is 22.9. The first kappa shape index (κ1) is 26.7. The number of nitrogens with zero attached hydrogens (tertiary/aromatic N) is 5. The Balaban J connectivity index is 1.23. The van der Waals surface area contributed by atoms with E-state index in [0.29, 0.717) is 47.4 Å². The summed E-state index contributed by atoms with van der Waals surface area (Å²) in [6.45, 7) is 6.69. The van der Waals surface area contributed by atoms with Crippen LogP contribution in [0.3, 0.4) is 0 Å². The normalized spacial score (nSPS) is 15.6. The number of amides is 2. The number of hydrogen-bond donors (Lipinski definition) is 0. The van der Waals surface area contributed by atoms with Crippen molar-refractivity contribution >= 4 is 29.2 Å². The summed E-state index contributed by atoms with van der Waals surface area (Å²) in [5, 5.41) is 9.46. The van der Waals surface area contributed by atoms with Crippen molar-refractivity contribution in [2.24, 2.45) is 0 Å². The Morgan fingerprint density at radius 3 is 2.59 bits per heavy atom. The highest BCUT2D eigenvalue weighted by atomic mass is 35.5. The molecule has 39 heavy (non-hydrogen) atoms. The van der Waals surface area contributed by atoms with Crippen LogP contribution < -0.4 is 14.4 Å². The van der Waals surface area contributed by atoms with Crippen molar-refractivity contribution < 1.29 is 19.1 Å². The minimum Gasteiger partial charge on any atom is -0.454 e. The van der Waals surface area contributed by atoms with Gasteiger partial charge in [-0.15, -0.1) is 10.2 Å². The molecule has 0 aliphatic carbocycles. The fourth-order valence-electron chi connectivity index (χ4n) is 4.79. The molecule has 10 heteroatoms. The van der Waals surface area contributed by atoms with Gasteiger partial charge in [0.2, 0.25) is 12.7 Å². The van der Waals surface area contributed by atoms with Crippen LogP contribution in [0.5, 0.6) is 11.5 Å². The highest BCUT2D eigenvalue weighted by Gasteiger charge is 2.28. The van der Waals surface area contributed by atoms with Crippen molar-refractivity contribution in [2.75, 3.05) is 44.4 Å². The van der Waals surface area contributed by atoms with Crippen LogP contribution >= 0.6 is 11.6 Å². The van der Waals surface area contributed by atoms with Crippen LogP contribution in [0.25, 0.3) is 11.3 Å².